The van der Waals surface area contributed by atoms with Crippen LogP contribution in [0.15, 0.2) is 30.5 Å². The van der Waals surface area contributed by atoms with Gasteiger partial charge in [-0.1, -0.05) is 18.2 Å². The number of carbonyl (C=O) groups excluding carboxylic acids is 1. The van der Waals surface area contributed by atoms with Gasteiger partial charge in [0.15, 0.2) is 0 Å². The summed E-state index contributed by atoms with van der Waals surface area (Å²) in [7, 11) is 0. The van der Waals surface area contributed by atoms with E-state index in [1.807, 2.05) is 18.3 Å². The summed E-state index contributed by atoms with van der Waals surface area (Å²) in [5.74, 6) is 0.176. The number of rotatable bonds is 4. The molecule has 0 saturated carbocycles. The number of nitrogens with one attached hydrogen (secondary N) is 3. The van der Waals surface area contributed by atoms with Crippen molar-refractivity contribution in [3.63, 3.8) is 0 Å². The van der Waals surface area contributed by atoms with Crippen molar-refractivity contribution in [2.45, 2.75) is 26.2 Å². The van der Waals surface area contributed by atoms with Crippen LogP contribution < -0.4 is 10.6 Å². The number of hydrogen-bond donors (Lipinski definition) is 3. The second-order valence-corrected chi connectivity index (χ2v) is 6.21. The minimum atomic E-state index is -0.252. The number of para-hydroxylation sites is 1. The fourth-order valence-corrected chi connectivity index (χ4v) is 3.11. The smallest absolute Gasteiger partial charge is 0.227 e. The van der Waals surface area contributed by atoms with Crippen molar-refractivity contribution in [3.05, 3.63) is 36.0 Å². The molecular weight excluding hydrogens is 298 g/mol. The highest BCUT2D eigenvalue weighted by molar-refractivity contribution is 5.85. The van der Waals surface area contributed by atoms with Gasteiger partial charge >= 0.3 is 0 Å². The van der Waals surface area contributed by atoms with Crippen LogP contribution in [0.3, 0.4) is 0 Å². The molecule has 1 aromatic carbocycles. The molecule has 1 fully saturated rings. The fourth-order valence-electron chi connectivity index (χ4n) is 3.11. The topological polar surface area (TPSA) is 56.9 Å². The van der Waals surface area contributed by atoms with Crippen LogP contribution in [0.5, 0.6) is 0 Å². The number of aromatic nitrogens is 1. The summed E-state index contributed by atoms with van der Waals surface area (Å²) in [5, 5.41) is 7.67. The average Bonchev–Trinajstić information content (AvgIpc) is 2.91. The maximum atomic E-state index is 12.4. The summed E-state index contributed by atoms with van der Waals surface area (Å²) in [6, 6.07) is 8.27. The monoisotopic (exact) mass is 321 g/mol. The van der Waals surface area contributed by atoms with Crippen molar-refractivity contribution in [1.82, 2.24) is 15.6 Å². The number of hydrogen-bond acceptors (Lipinski definition) is 2. The Morgan fingerprint density at radius 1 is 1.36 bits per heavy atom. The van der Waals surface area contributed by atoms with Crippen molar-refractivity contribution in [3.8, 4) is 0 Å². The van der Waals surface area contributed by atoms with Gasteiger partial charge in [0.25, 0.3) is 0 Å². The third-order valence-corrected chi connectivity index (χ3v) is 4.50. The molecular formula is C17H24ClN3O. The molecule has 1 atom stereocenters. The highest BCUT2D eigenvalue weighted by Gasteiger charge is 2.34. The highest BCUT2D eigenvalue weighted by Crippen LogP contribution is 2.25. The van der Waals surface area contributed by atoms with Gasteiger partial charge in [0.1, 0.15) is 0 Å². The van der Waals surface area contributed by atoms with E-state index in [2.05, 4.69) is 34.7 Å². The molecule has 0 bridgehead atoms. The molecule has 2 aromatic rings. The number of halogens is 1. The normalized spacial score (nSPS) is 21.3. The predicted octanol–water partition coefficient (Wildman–Crippen LogP) is 2.64. The molecule has 0 spiro atoms. The van der Waals surface area contributed by atoms with Gasteiger partial charge in [-0.25, -0.2) is 0 Å². The lowest BCUT2D eigenvalue weighted by molar-refractivity contribution is -0.131. The zero-order valence-electron chi connectivity index (χ0n) is 12.9. The van der Waals surface area contributed by atoms with Crippen LogP contribution >= 0.6 is 12.4 Å². The second kappa shape index (κ2) is 7.16. The van der Waals surface area contributed by atoms with E-state index in [-0.39, 0.29) is 23.7 Å². The van der Waals surface area contributed by atoms with Crippen LogP contribution in [-0.4, -0.2) is 30.5 Å². The number of benzene rings is 1. The van der Waals surface area contributed by atoms with Crippen molar-refractivity contribution >= 4 is 29.2 Å². The van der Waals surface area contributed by atoms with E-state index in [0.717, 1.165) is 37.9 Å². The number of carbonyl (C=O) groups is 1. The highest BCUT2D eigenvalue weighted by atomic mass is 35.5. The van der Waals surface area contributed by atoms with E-state index < -0.39 is 0 Å². The third-order valence-electron chi connectivity index (χ3n) is 4.50. The van der Waals surface area contributed by atoms with Gasteiger partial charge < -0.3 is 15.6 Å². The van der Waals surface area contributed by atoms with Gasteiger partial charge in [-0.15, -0.1) is 12.4 Å². The molecule has 120 valence electrons. The van der Waals surface area contributed by atoms with Crippen molar-refractivity contribution in [1.29, 1.82) is 0 Å². The number of H-pyrrole nitrogens is 1. The Hall–Kier alpha value is -1.52. The minimum Gasteiger partial charge on any atom is -0.361 e. The van der Waals surface area contributed by atoms with Crippen LogP contribution in [0.4, 0.5) is 0 Å². The number of aromatic amines is 1. The maximum absolute atomic E-state index is 12.4. The van der Waals surface area contributed by atoms with Gasteiger partial charge in [-0.3, -0.25) is 4.79 Å². The molecule has 3 rings (SSSR count). The molecule has 1 aliphatic heterocycles. The Labute approximate surface area is 137 Å². The first kappa shape index (κ1) is 16.8. The van der Waals surface area contributed by atoms with Crippen LogP contribution in [0.2, 0.25) is 0 Å². The third kappa shape index (κ3) is 3.45. The summed E-state index contributed by atoms with van der Waals surface area (Å²) < 4.78 is 0. The quantitative estimate of drug-likeness (QED) is 0.811. The fraction of sp³-hybridized carbons (Fsp3) is 0.471. The van der Waals surface area contributed by atoms with Crippen molar-refractivity contribution in [2.24, 2.45) is 5.41 Å². The average molecular weight is 322 g/mol. The van der Waals surface area contributed by atoms with E-state index in [1.165, 1.54) is 10.9 Å². The van der Waals surface area contributed by atoms with Crippen molar-refractivity contribution < 1.29 is 4.79 Å². The van der Waals surface area contributed by atoms with E-state index in [0.29, 0.717) is 6.54 Å². The molecule has 0 aliphatic carbocycles. The molecule has 0 radical (unpaired) electrons. The summed E-state index contributed by atoms with van der Waals surface area (Å²) in [6.07, 6.45) is 4.95. The Morgan fingerprint density at radius 2 is 2.18 bits per heavy atom. The predicted molar refractivity (Wildman–Crippen MR) is 92.5 cm³/mol. The Balaban J connectivity index is 0.00000176. The molecule has 1 aromatic heterocycles. The summed E-state index contributed by atoms with van der Waals surface area (Å²) in [6.45, 7) is 4.56. The standard InChI is InChI=1S/C17H23N3O.ClH/c1-17(8-4-9-18-12-17)16(21)19-10-7-13-11-20-15-6-3-2-5-14(13)15;/h2-3,5-6,11,18,20H,4,7-10,12H2,1H3,(H,19,21);1H. The SMILES string of the molecule is CC1(C(=O)NCCc2c[nH]c3ccccc23)CCCNC1.Cl. The molecule has 1 amide bonds. The number of piperidine rings is 1. The van der Waals surface area contributed by atoms with E-state index in [9.17, 15) is 4.79 Å². The number of amides is 1. The zero-order valence-corrected chi connectivity index (χ0v) is 13.8. The van der Waals surface area contributed by atoms with E-state index in [4.69, 9.17) is 0 Å². The zero-order chi connectivity index (χ0) is 14.7. The van der Waals surface area contributed by atoms with E-state index >= 15 is 0 Å². The van der Waals surface area contributed by atoms with Gasteiger partial charge in [0.05, 0.1) is 5.41 Å². The molecule has 2 heterocycles. The maximum Gasteiger partial charge on any atom is 0.227 e. The van der Waals surface area contributed by atoms with E-state index in [1.54, 1.807) is 0 Å². The van der Waals surface area contributed by atoms with Crippen molar-refractivity contribution in [2.75, 3.05) is 19.6 Å². The molecule has 3 N–H and O–H groups in total. The minimum absolute atomic E-state index is 0. The lowest BCUT2D eigenvalue weighted by Gasteiger charge is -2.32. The largest absolute Gasteiger partial charge is 0.361 e. The van der Waals surface area contributed by atoms with Gasteiger partial charge in [-0.05, 0) is 44.4 Å². The molecule has 1 saturated heterocycles. The van der Waals surface area contributed by atoms with Crippen LogP contribution in [0.25, 0.3) is 10.9 Å². The van der Waals surface area contributed by atoms with Gasteiger partial charge in [0, 0.05) is 30.2 Å². The first-order valence-electron chi connectivity index (χ1n) is 7.73. The number of fused-ring (bicyclic) bond motifs is 1. The lowest BCUT2D eigenvalue weighted by atomic mass is 9.82. The van der Waals surface area contributed by atoms with Crippen LogP contribution in [-0.2, 0) is 11.2 Å². The molecule has 1 unspecified atom stereocenters. The summed E-state index contributed by atoms with van der Waals surface area (Å²) >= 11 is 0. The molecule has 22 heavy (non-hydrogen) atoms. The van der Waals surface area contributed by atoms with Gasteiger partial charge in [-0.2, -0.15) is 0 Å². The Kier molecular flexibility index (Phi) is 5.48. The van der Waals surface area contributed by atoms with Crippen LogP contribution in [0.1, 0.15) is 25.3 Å². The van der Waals surface area contributed by atoms with Crippen LogP contribution in [0, 0.1) is 5.41 Å². The first-order chi connectivity index (χ1) is 10.2. The second-order valence-electron chi connectivity index (χ2n) is 6.21. The summed E-state index contributed by atoms with van der Waals surface area (Å²) in [5.41, 5.74) is 2.17. The first-order valence-corrected chi connectivity index (χ1v) is 7.73. The molecule has 5 heteroatoms. The molecule has 4 nitrogen and oxygen atoms in total. The Morgan fingerprint density at radius 3 is 2.95 bits per heavy atom. The van der Waals surface area contributed by atoms with Gasteiger partial charge in [0.2, 0.25) is 5.91 Å². The Bertz CT molecular complexity index is 632. The lowest BCUT2D eigenvalue weighted by Crippen LogP contribution is -2.49. The summed E-state index contributed by atoms with van der Waals surface area (Å²) in [4.78, 5) is 15.6. The molecule has 1 aliphatic rings.